The molecule has 2 N–H and O–H groups in total. The Balaban J connectivity index is 1.82. The summed E-state index contributed by atoms with van der Waals surface area (Å²) >= 11 is 0. The van der Waals surface area contributed by atoms with E-state index in [1.807, 2.05) is 24.3 Å². The van der Waals surface area contributed by atoms with Crippen molar-refractivity contribution in [2.24, 2.45) is 0 Å². The predicted octanol–water partition coefficient (Wildman–Crippen LogP) is 2.94. The highest BCUT2D eigenvalue weighted by Gasteiger charge is 2.26. The van der Waals surface area contributed by atoms with E-state index in [9.17, 15) is 4.79 Å². The first-order chi connectivity index (χ1) is 9.70. The summed E-state index contributed by atoms with van der Waals surface area (Å²) in [6.07, 6.45) is 4.15. The van der Waals surface area contributed by atoms with Crippen LogP contribution in [0.4, 0.5) is 5.69 Å². The van der Waals surface area contributed by atoms with Crippen LogP contribution in [-0.2, 0) is 4.79 Å². The van der Waals surface area contributed by atoms with Gasteiger partial charge in [-0.3, -0.25) is 4.79 Å². The maximum atomic E-state index is 12.2. The van der Waals surface area contributed by atoms with Gasteiger partial charge in [0.15, 0.2) is 6.10 Å². The van der Waals surface area contributed by atoms with Crippen molar-refractivity contribution in [2.75, 3.05) is 11.9 Å². The van der Waals surface area contributed by atoms with E-state index in [-0.39, 0.29) is 11.9 Å². The van der Waals surface area contributed by atoms with Crippen LogP contribution in [0, 0.1) is 0 Å². The number of benzene rings is 1. The third-order valence-corrected chi connectivity index (χ3v) is 3.56. The number of unbranched alkanes of at least 4 members (excludes halogenated alkanes) is 2. The lowest BCUT2D eigenvalue weighted by molar-refractivity contribution is -0.128. The highest BCUT2D eigenvalue weighted by molar-refractivity contribution is 5.83. The van der Waals surface area contributed by atoms with Crippen molar-refractivity contribution in [3.8, 4) is 5.75 Å². The van der Waals surface area contributed by atoms with Gasteiger partial charge in [0, 0.05) is 6.04 Å². The summed E-state index contributed by atoms with van der Waals surface area (Å²) < 4.78 is 5.75. The Morgan fingerprint density at radius 3 is 3.05 bits per heavy atom. The van der Waals surface area contributed by atoms with Gasteiger partial charge in [-0.1, -0.05) is 38.3 Å². The summed E-state index contributed by atoms with van der Waals surface area (Å²) in [6, 6.07) is 7.90. The van der Waals surface area contributed by atoms with E-state index in [1.54, 1.807) is 0 Å². The van der Waals surface area contributed by atoms with Gasteiger partial charge in [-0.15, -0.1) is 0 Å². The molecule has 0 radical (unpaired) electrons. The average Bonchev–Trinajstić information content (AvgIpc) is 2.47. The SMILES string of the molecule is CCCCCC(C)NC(=O)C1CNc2ccccc2O1. The minimum atomic E-state index is -0.446. The van der Waals surface area contributed by atoms with Crippen molar-refractivity contribution >= 4 is 11.6 Å². The molecule has 0 aliphatic carbocycles. The van der Waals surface area contributed by atoms with Crippen LogP contribution < -0.4 is 15.4 Å². The molecule has 1 heterocycles. The molecule has 2 rings (SSSR count). The Bertz CT molecular complexity index is 448. The molecule has 4 nitrogen and oxygen atoms in total. The number of carbonyl (C=O) groups excluding carboxylic acids is 1. The zero-order valence-electron chi connectivity index (χ0n) is 12.3. The second-order valence-corrected chi connectivity index (χ2v) is 5.39. The lowest BCUT2D eigenvalue weighted by atomic mass is 10.1. The number of para-hydroxylation sites is 2. The summed E-state index contributed by atoms with van der Waals surface area (Å²) in [7, 11) is 0. The predicted molar refractivity (Wildman–Crippen MR) is 81.1 cm³/mol. The number of carbonyl (C=O) groups is 1. The number of ether oxygens (including phenoxy) is 1. The third-order valence-electron chi connectivity index (χ3n) is 3.56. The molecule has 1 aliphatic heterocycles. The van der Waals surface area contributed by atoms with Crippen LogP contribution in [0.3, 0.4) is 0 Å². The van der Waals surface area contributed by atoms with Crippen LogP contribution in [0.25, 0.3) is 0 Å². The number of fused-ring (bicyclic) bond motifs is 1. The molecule has 1 aromatic rings. The number of hydrogen-bond donors (Lipinski definition) is 2. The maximum absolute atomic E-state index is 12.2. The average molecular weight is 276 g/mol. The Morgan fingerprint density at radius 1 is 1.45 bits per heavy atom. The Kier molecular flexibility index (Phi) is 5.27. The molecule has 1 aromatic carbocycles. The lowest BCUT2D eigenvalue weighted by Gasteiger charge is -2.27. The van der Waals surface area contributed by atoms with Gasteiger partial charge in [0.05, 0.1) is 12.2 Å². The Morgan fingerprint density at radius 2 is 2.25 bits per heavy atom. The molecule has 0 saturated carbocycles. The molecule has 2 unspecified atom stereocenters. The molecular weight excluding hydrogens is 252 g/mol. The van der Waals surface area contributed by atoms with E-state index in [1.165, 1.54) is 12.8 Å². The quantitative estimate of drug-likeness (QED) is 0.785. The molecule has 20 heavy (non-hydrogen) atoms. The van der Waals surface area contributed by atoms with Crippen LogP contribution >= 0.6 is 0 Å². The number of amides is 1. The molecule has 4 heteroatoms. The summed E-state index contributed by atoms with van der Waals surface area (Å²) in [4.78, 5) is 12.2. The zero-order valence-corrected chi connectivity index (χ0v) is 12.3. The van der Waals surface area contributed by atoms with E-state index in [0.717, 1.165) is 24.3 Å². The van der Waals surface area contributed by atoms with Crippen molar-refractivity contribution in [1.82, 2.24) is 5.32 Å². The van der Waals surface area contributed by atoms with Crippen LogP contribution in [0.15, 0.2) is 24.3 Å². The highest BCUT2D eigenvalue weighted by atomic mass is 16.5. The van der Waals surface area contributed by atoms with Gasteiger partial charge in [-0.25, -0.2) is 0 Å². The molecule has 1 aliphatic rings. The van der Waals surface area contributed by atoms with Gasteiger partial charge in [-0.2, -0.15) is 0 Å². The fourth-order valence-electron chi connectivity index (χ4n) is 2.37. The smallest absolute Gasteiger partial charge is 0.263 e. The first-order valence-electron chi connectivity index (χ1n) is 7.50. The highest BCUT2D eigenvalue weighted by Crippen LogP contribution is 2.28. The number of rotatable bonds is 6. The summed E-state index contributed by atoms with van der Waals surface area (Å²) in [5, 5.41) is 6.27. The van der Waals surface area contributed by atoms with Crippen molar-refractivity contribution in [3.05, 3.63) is 24.3 Å². The largest absolute Gasteiger partial charge is 0.477 e. The molecule has 0 fully saturated rings. The molecule has 0 aromatic heterocycles. The topological polar surface area (TPSA) is 50.4 Å². The lowest BCUT2D eigenvalue weighted by Crippen LogP contribution is -2.47. The molecule has 2 atom stereocenters. The van der Waals surface area contributed by atoms with Crippen LogP contribution in [0.5, 0.6) is 5.75 Å². The number of anilines is 1. The molecule has 1 amide bonds. The molecule has 0 bridgehead atoms. The summed E-state index contributed by atoms with van der Waals surface area (Å²) in [5.41, 5.74) is 0.951. The van der Waals surface area contributed by atoms with Crippen LogP contribution in [-0.4, -0.2) is 24.6 Å². The van der Waals surface area contributed by atoms with Crippen molar-refractivity contribution in [1.29, 1.82) is 0 Å². The Labute approximate surface area is 120 Å². The van der Waals surface area contributed by atoms with Gasteiger partial charge in [0.1, 0.15) is 5.75 Å². The second-order valence-electron chi connectivity index (χ2n) is 5.39. The van der Waals surface area contributed by atoms with Crippen molar-refractivity contribution in [2.45, 2.75) is 51.7 Å². The van der Waals surface area contributed by atoms with E-state index in [0.29, 0.717) is 6.54 Å². The van der Waals surface area contributed by atoms with Gasteiger partial charge < -0.3 is 15.4 Å². The van der Waals surface area contributed by atoms with Crippen molar-refractivity contribution < 1.29 is 9.53 Å². The van der Waals surface area contributed by atoms with Crippen LogP contribution in [0.2, 0.25) is 0 Å². The fourth-order valence-corrected chi connectivity index (χ4v) is 2.37. The van der Waals surface area contributed by atoms with E-state index in [4.69, 9.17) is 4.74 Å². The monoisotopic (exact) mass is 276 g/mol. The standard InChI is InChI=1S/C16H24N2O2/c1-3-4-5-8-12(2)18-16(19)15-11-17-13-9-6-7-10-14(13)20-15/h6-7,9-10,12,15,17H,3-5,8,11H2,1-2H3,(H,18,19). The molecule has 110 valence electrons. The van der Waals surface area contributed by atoms with Gasteiger partial charge in [0.25, 0.3) is 5.91 Å². The minimum Gasteiger partial charge on any atom is -0.477 e. The number of nitrogens with one attached hydrogen (secondary N) is 2. The molecular formula is C16H24N2O2. The van der Waals surface area contributed by atoms with Gasteiger partial charge >= 0.3 is 0 Å². The van der Waals surface area contributed by atoms with Crippen molar-refractivity contribution in [3.63, 3.8) is 0 Å². The summed E-state index contributed by atoms with van der Waals surface area (Å²) in [6.45, 7) is 4.75. The summed E-state index contributed by atoms with van der Waals surface area (Å²) in [5.74, 6) is 0.716. The normalized spacial score (nSPS) is 18.4. The first kappa shape index (κ1) is 14.7. The third kappa shape index (κ3) is 3.89. The fraction of sp³-hybridized carbons (Fsp3) is 0.562. The zero-order chi connectivity index (χ0) is 14.4. The molecule has 0 spiro atoms. The Hall–Kier alpha value is -1.71. The van der Waals surface area contributed by atoms with Gasteiger partial charge in [-0.05, 0) is 25.5 Å². The van der Waals surface area contributed by atoms with E-state index in [2.05, 4.69) is 24.5 Å². The minimum absolute atomic E-state index is 0.0315. The van der Waals surface area contributed by atoms with Crippen LogP contribution in [0.1, 0.15) is 39.5 Å². The van der Waals surface area contributed by atoms with E-state index >= 15 is 0 Å². The first-order valence-corrected chi connectivity index (χ1v) is 7.50. The van der Waals surface area contributed by atoms with Gasteiger partial charge in [0.2, 0.25) is 0 Å². The molecule has 0 saturated heterocycles. The maximum Gasteiger partial charge on any atom is 0.263 e. The number of hydrogen-bond acceptors (Lipinski definition) is 3. The second kappa shape index (κ2) is 7.17. The van der Waals surface area contributed by atoms with E-state index < -0.39 is 6.10 Å².